The van der Waals surface area contributed by atoms with E-state index >= 15 is 0 Å². The highest BCUT2D eigenvalue weighted by atomic mass is 16.4. The number of urea groups is 1. The van der Waals surface area contributed by atoms with Crippen molar-refractivity contribution in [3.63, 3.8) is 0 Å². The van der Waals surface area contributed by atoms with Crippen LogP contribution in [0.3, 0.4) is 0 Å². The summed E-state index contributed by atoms with van der Waals surface area (Å²) in [5, 5.41) is 21.1. The Balaban J connectivity index is 2.40. The molecular formula is C14H24N4O3. The molecule has 7 nitrogen and oxygen atoms in total. The van der Waals surface area contributed by atoms with E-state index in [-0.39, 0.29) is 18.0 Å². The number of carboxylic acids is 1. The lowest BCUT2D eigenvalue weighted by molar-refractivity contribution is -0.142. The van der Waals surface area contributed by atoms with Crippen molar-refractivity contribution in [1.82, 2.24) is 20.8 Å². The molecule has 21 heavy (non-hydrogen) atoms. The molecule has 1 rings (SSSR count). The summed E-state index contributed by atoms with van der Waals surface area (Å²) in [5.41, 5.74) is 1.69. The molecule has 1 heterocycles. The van der Waals surface area contributed by atoms with Gasteiger partial charge in [0, 0.05) is 24.3 Å². The van der Waals surface area contributed by atoms with Crippen LogP contribution in [0.25, 0.3) is 0 Å². The van der Waals surface area contributed by atoms with E-state index in [1.54, 1.807) is 6.20 Å². The van der Waals surface area contributed by atoms with E-state index in [2.05, 4.69) is 20.8 Å². The number of carboxylic acid groups (broad SMARTS) is 1. The first-order valence-electron chi connectivity index (χ1n) is 6.92. The Labute approximate surface area is 124 Å². The summed E-state index contributed by atoms with van der Waals surface area (Å²) in [7, 11) is 0. The van der Waals surface area contributed by atoms with Crippen LogP contribution in [0.1, 0.15) is 38.4 Å². The molecule has 7 heteroatoms. The highest BCUT2D eigenvalue weighted by molar-refractivity contribution is 5.75. The van der Waals surface area contributed by atoms with Gasteiger partial charge in [-0.1, -0.05) is 20.8 Å². The zero-order chi connectivity index (χ0) is 16.0. The maximum Gasteiger partial charge on any atom is 0.315 e. The zero-order valence-corrected chi connectivity index (χ0v) is 13.0. The molecule has 0 fully saturated rings. The SMILES string of the molecule is Cc1[nH]ncc1CNC(=O)NCC(CC(C)(C)C)C(=O)O. The number of aromatic nitrogens is 2. The number of H-pyrrole nitrogens is 1. The molecule has 2 amide bonds. The lowest BCUT2D eigenvalue weighted by Gasteiger charge is -2.23. The minimum atomic E-state index is -0.893. The molecule has 1 aromatic heterocycles. The van der Waals surface area contributed by atoms with Gasteiger partial charge in [-0.2, -0.15) is 5.10 Å². The third kappa shape index (κ3) is 6.29. The predicted molar refractivity (Wildman–Crippen MR) is 78.8 cm³/mol. The third-order valence-corrected chi connectivity index (χ3v) is 3.09. The summed E-state index contributed by atoms with van der Waals surface area (Å²) in [6, 6.07) is -0.379. The summed E-state index contributed by atoms with van der Waals surface area (Å²) < 4.78 is 0. The summed E-state index contributed by atoms with van der Waals surface area (Å²) >= 11 is 0. The van der Waals surface area contributed by atoms with E-state index in [4.69, 9.17) is 0 Å². The number of hydrogen-bond acceptors (Lipinski definition) is 3. The molecule has 0 aromatic carbocycles. The molecule has 118 valence electrons. The summed E-state index contributed by atoms with van der Waals surface area (Å²) in [4.78, 5) is 22.9. The molecule has 0 aliphatic heterocycles. The van der Waals surface area contributed by atoms with Crippen molar-refractivity contribution >= 4 is 12.0 Å². The van der Waals surface area contributed by atoms with Gasteiger partial charge in [0.05, 0.1) is 12.1 Å². The third-order valence-electron chi connectivity index (χ3n) is 3.09. The number of carbonyl (C=O) groups is 2. The second-order valence-electron chi connectivity index (χ2n) is 6.38. The maximum atomic E-state index is 11.7. The summed E-state index contributed by atoms with van der Waals surface area (Å²) in [6.07, 6.45) is 2.15. The average Bonchev–Trinajstić information content (AvgIpc) is 2.76. The molecule has 0 spiro atoms. The van der Waals surface area contributed by atoms with Gasteiger partial charge in [-0.05, 0) is 18.8 Å². The Bertz CT molecular complexity index is 491. The normalized spacial score (nSPS) is 12.8. The topological polar surface area (TPSA) is 107 Å². The first-order chi connectivity index (χ1) is 9.69. The number of aliphatic carboxylic acids is 1. The monoisotopic (exact) mass is 296 g/mol. The molecule has 0 aliphatic carbocycles. The standard InChI is InChI=1S/C14H24N4O3/c1-9-11(8-17-18-9)7-16-13(21)15-6-10(12(19)20)5-14(2,3)4/h8,10H,5-7H2,1-4H3,(H,17,18)(H,19,20)(H2,15,16,21). The number of aryl methyl sites for hydroxylation is 1. The molecule has 0 aliphatic rings. The number of hydrogen-bond donors (Lipinski definition) is 4. The second-order valence-corrected chi connectivity index (χ2v) is 6.38. The van der Waals surface area contributed by atoms with Crippen LogP contribution in [0.15, 0.2) is 6.20 Å². The fraction of sp³-hybridized carbons (Fsp3) is 0.643. The Morgan fingerprint density at radius 3 is 2.52 bits per heavy atom. The van der Waals surface area contributed by atoms with Gasteiger partial charge in [-0.3, -0.25) is 9.89 Å². The number of nitrogens with zero attached hydrogens (tertiary/aromatic N) is 1. The van der Waals surface area contributed by atoms with Crippen molar-refractivity contribution in [2.75, 3.05) is 6.54 Å². The van der Waals surface area contributed by atoms with Crippen LogP contribution in [-0.2, 0) is 11.3 Å². The molecule has 0 saturated carbocycles. The molecular weight excluding hydrogens is 272 g/mol. The van der Waals surface area contributed by atoms with Gasteiger partial charge < -0.3 is 15.7 Å². The number of carbonyl (C=O) groups excluding carboxylic acids is 1. The quantitative estimate of drug-likeness (QED) is 0.640. The van der Waals surface area contributed by atoms with Gasteiger partial charge in [0.1, 0.15) is 0 Å². The average molecular weight is 296 g/mol. The minimum Gasteiger partial charge on any atom is -0.481 e. The fourth-order valence-corrected chi connectivity index (χ4v) is 1.99. The van der Waals surface area contributed by atoms with E-state index in [1.807, 2.05) is 27.7 Å². The predicted octanol–water partition coefficient (Wildman–Crippen LogP) is 1.65. The smallest absolute Gasteiger partial charge is 0.315 e. The fourth-order valence-electron chi connectivity index (χ4n) is 1.99. The van der Waals surface area contributed by atoms with Crippen molar-refractivity contribution < 1.29 is 14.7 Å². The first kappa shape index (κ1) is 17.0. The highest BCUT2D eigenvalue weighted by Gasteiger charge is 2.24. The Morgan fingerprint density at radius 2 is 2.05 bits per heavy atom. The van der Waals surface area contributed by atoms with Crippen LogP contribution in [0.4, 0.5) is 4.79 Å². The number of nitrogens with one attached hydrogen (secondary N) is 3. The molecule has 1 atom stereocenters. The highest BCUT2D eigenvalue weighted by Crippen LogP contribution is 2.24. The first-order valence-corrected chi connectivity index (χ1v) is 6.92. The Hall–Kier alpha value is -2.05. The summed E-state index contributed by atoms with van der Waals surface area (Å²) in [6.45, 7) is 8.26. The molecule has 1 unspecified atom stereocenters. The molecule has 0 bridgehead atoms. The Kier molecular flexibility index (Phi) is 5.75. The van der Waals surface area contributed by atoms with E-state index in [1.165, 1.54) is 0 Å². The maximum absolute atomic E-state index is 11.7. The molecule has 0 radical (unpaired) electrons. The van der Waals surface area contributed by atoms with Crippen LogP contribution >= 0.6 is 0 Å². The number of aromatic amines is 1. The summed E-state index contributed by atoms with van der Waals surface area (Å²) in [5.74, 6) is -1.48. The van der Waals surface area contributed by atoms with Crippen molar-refractivity contribution in [2.24, 2.45) is 11.3 Å². The lowest BCUT2D eigenvalue weighted by atomic mass is 9.84. The van der Waals surface area contributed by atoms with E-state index in [0.29, 0.717) is 13.0 Å². The number of amides is 2. The second kappa shape index (κ2) is 7.10. The van der Waals surface area contributed by atoms with Crippen LogP contribution in [0, 0.1) is 18.3 Å². The van der Waals surface area contributed by atoms with Gasteiger partial charge in [-0.25, -0.2) is 4.79 Å². The minimum absolute atomic E-state index is 0.102. The van der Waals surface area contributed by atoms with Crippen molar-refractivity contribution in [2.45, 2.75) is 40.7 Å². The largest absolute Gasteiger partial charge is 0.481 e. The molecule has 0 saturated heterocycles. The molecule has 1 aromatic rings. The number of rotatable bonds is 6. The van der Waals surface area contributed by atoms with Gasteiger partial charge in [0.2, 0.25) is 0 Å². The van der Waals surface area contributed by atoms with Gasteiger partial charge in [0.15, 0.2) is 0 Å². The van der Waals surface area contributed by atoms with Crippen LogP contribution in [-0.4, -0.2) is 33.8 Å². The van der Waals surface area contributed by atoms with Crippen LogP contribution in [0.2, 0.25) is 0 Å². The van der Waals surface area contributed by atoms with Crippen LogP contribution < -0.4 is 10.6 Å². The van der Waals surface area contributed by atoms with Crippen molar-refractivity contribution in [1.29, 1.82) is 0 Å². The van der Waals surface area contributed by atoms with Gasteiger partial charge in [-0.15, -0.1) is 0 Å². The molecule has 4 N–H and O–H groups in total. The van der Waals surface area contributed by atoms with Gasteiger partial charge >= 0.3 is 12.0 Å². The zero-order valence-electron chi connectivity index (χ0n) is 13.0. The van der Waals surface area contributed by atoms with E-state index < -0.39 is 11.9 Å². The van der Waals surface area contributed by atoms with Gasteiger partial charge in [0.25, 0.3) is 0 Å². The lowest BCUT2D eigenvalue weighted by Crippen LogP contribution is -2.40. The van der Waals surface area contributed by atoms with Crippen molar-refractivity contribution in [3.05, 3.63) is 17.5 Å². The Morgan fingerprint density at radius 1 is 1.38 bits per heavy atom. The van der Waals surface area contributed by atoms with E-state index in [0.717, 1.165) is 11.3 Å². The van der Waals surface area contributed by atoms with E-state index in [9.17, 15) is 14.7 Å². The van der Waals surface area contributed by atoms with Crippen LogP contribution in [0.5, 0.6) is 0 Å². The van der Waals surface area contributed by atoms with Crippen molar-refractivity contribution in [3.8, 4) is 0 Å².